The Balaban J connectivity index is 2.83. The summed E-state index contributed by atoms with van der Waals surface area (Å²) in [5.41, 5.74) is 10.5. The molecule has 0 heterocycles. The Hall–Kier alpha value is -2.12. The van der Waals surface area contributed by atoms with Crippen molar-refractivity contribution >= 4 is 29.2 Å². The minimum atomic E-state index is -0.656. The first kappa shape index (κ1) is 16.9. The minimum absolute atomic E-state index is 0.172. The summed E-state index contributed by atoms with van der Waals surface area (Å²) in [5, 5.41) is 0.291. The van der Waals surface area contributed by atoms with E-state index in [2.05, 4.69) is 0 Å². The number of hydrogen-bond acceptors (Lipinski definition) is 5. The van der Waals surface area contributed by atoms with Crippen LogP contribution in [0.25, 0.3) is 0 Å². The van der Waals surface area contributed by atoms with Gasteiger partial charge in [-0.2, -0.15) is 0 Å². The number of rotatable bonds is 8. The van der Waals surface area contributed by atoms with Crippen LogP contribution in [0.1, 0.15) is 10.4 Å². The first-order valence-electron chi connectivity index (χ1n) is 5.99. The van der Waals surface area contributed by atoms with Crippen LogP contribution in [0.15, 0.2) is 18.2 Å². The lowest BCUT2D eigenvalue weighted by molar-refractivity contribution is -0.121. The Morgan fingerprint density at radius 1 is 1.14 bits per heavy atom. The zero-order chi connectivity index (χ0) is 16.0. The monoisotopic (exact) mass is 313 g/mol. The van der Waals surface area contributed by atoms with Gasteiger partial charge in [0.2, 0.25) is 11.8 Å². The molecule has 0 aliphatic rings. The summed E-state index contributed by atoms with van der Waals surface area (Å²) in [6.07, 6.45) is 0. The van der Waals surface area contributed by atoms with E-state index in [9.17, 15) is 14.4 Å². The van der Waals surface area contributed by atoms with Gasteiger partial charge in [0.25, 0.3) is 0 Å². The standard InChI is InChI=1S/C13H16ClN3O4/c1-21-11-3-2-8(4-9(11)14)10(18)5-17(6-12(15)19)7-13(16)20/h2-4H,5-7H2,1H3,(H2,15,19)(H2,16,20). The molecule has 7 nitrogen and oxygen atoms in total. The number of amides is 2. The highest BCUT2D eigenvalue weighted by atomic mass is 35.5. The van der Waals surface area contributed by atoms with Crippen molar-refractivity contribution in [3.63, 3.8) is 0 Å². The third-order valence-corrected chi connectivity index (χ3v) is 2.90. The molecule has 0 fully saturated rings. The fraction of sp³-hybridized carbons (Fsp3) is 0.308. The fourth-order valence-corrected chi connectivity index (χ4v) is 2.00. The van der Waals surface area contributed by atoms with E-state index in [0.717, 1.165) is 0 Å². The van der Waals surface area contributed by atoms with Gasteiger partial charge in [-0.15, -0.1) is 0 Å². The Kier molecular flexibility index (Phi) is 6.13. The first-order chi connectivity index (χ1) is 9.83. The molecule has 0 bridgehead atoms. The van der Waals surface area contributed by atoms with E-state index < -0.39 is 11.8 Å². The lowest BCUT2D eigenvalue weighted by Gasteiger charge is -2.18. The van der Waals surface area contributed by atoms with Crippen LogP contribution in [0.2, 0.25) is 5.02 Å². The zero-order valence-corrected chi connectivity index (χ0v) is 12.2. The van der Waals surface area contributed by atoms with Gasteiger partial charge in [0.05, 0.1) is 31.8 Å². The number of nitrogens with two attached hydrogens (primary N) is 2. The van der Waals surface area contributed by atoms with Gasteiger partial charge in [-0.05, 0) is 18.2 Å². The predicted octanol–water partition coefficient (Wildman–Crippen LogP) is -0.196. The summed E-state index contributed by atoms with van der Waals surface area (Å²) in [6.45, 7) is -0.647. The third-order valence-electron chi connectivity index (χ3n) is 2.60. The maximum absolute atomic E-state index is 12.1. The highest BCUT2D eigenvalue weighted by molar-refractivity contribution is 6.32. The summed E-state index contributed by atoms with van der Waals surface area (Å²) >= 11 is 5.94. The Morgan fingerprint density at radius 3 is 2.14 bits per heavy atom. The number of carbonyl (C=O) groups excluding carboxylic acids is 3. The summed E-state index contributed by atoms with van der Waals surface area (Å²) in [5.74, 6) is -1.19. The maximum Gasteiger partial charge on any atom is 0.231 e. The molecule has 8 heteroatoms. The SMILES string of the molecule is COc1ccc(C(=O)CN(CC(N)=O)CC(N)=O)cc1Cl. The summed E-state index contributed by atoms with van der Waals surface area (Å²) < 4.78 is 4.99. The number of nitrogens with zero attached hydrogens (tertiary/aromatic N) is 1. The summed E-state index contributed by atoms with van der Waals surface area (Å²) in [4.78, 5) is 35.2. The molecule has 0 aliphatic carbocycles. The molecule has 0 radical (unpaired) electrons. The average Bonchev–Trinajstić information content (AvgIpc) is 2.36. The molecule has 0 aliphatic heterocycles. The summed E-state index contributed by atoms with van der Waals surface area (Å²) in [6, 6.07) is 4.55. The van der Waals surface area contributed by atoms with Gasteiger partial charge in [0.15, 0.2) is 5.78 Å². The quantitative estimate of drug-likeness (QED) is 0.645. The van der Waals surface area contributed by atoms with E-state index in [1.807, 2.05) is 0 Å². The Morgan fingerprint density at radius 2 is 1.71 bits per heavy atom. The van der Waals surface area contributed by atoms with Crippen LogP contribution in [0.3, 0.4) is 0 Å². The van der Waals surface area contributed by atoms with Crippen molar-refractivity contribution in [3.8, 4) is 5.75 Å². The second-order valence-electron chi connectivity index (χ2n) is 4.35. The second kappa shape index (κ2) is 7.61. The molecule has 0 atom stereocenters. The van der Waals surface area contributed by atoms with E-state index >= 15 is 0 Å². The molecular formula is C13H16ClN3O4. The third kappa shape index (κ3) is 5.41. The zero-order valence-electron chi connectivity index (χ0n) is 11.5. The second-order valence-corrected chi connectivity index (χ2v) is 4.76. The number of carbonyl (C=O) groups is 3. The van der Waals surface area contributed by atoms with E-state index in [1.54, 1.807) is 12.1 Å². The van der Waals surface area contributed by atoms with Crippen LogP contribution < -0.4 is 16.2 Å². The molecule has 1 aromatic rings. The average molecular weight is 314 g/mol. The van der Waals surface area contributed by atoms with Gasteiger partial charge in [-0.3, -0.25) is 19.3 Å². The van der Waals surface area contributed by atoms with E-state index in [4.69, 9.17) is 27.8 Å². The smallest absolute Gasteiger partial charge is 0.231 e. The van der Waals surface area contributed by atoms with Crippen LogP contribution in [0.5, 0.6) is 5.75 Å². The number of primary amides is 2. The topological polar surface area (TPSA) is 116 Å². The lowest BCUT2D eigenvalue weighted by Crippen LogP contribution is -2.42. The number of Topliss-reactive ketones (excluding diaryl/α,β-unsaturated/α-hetero) is 1. The molecule has 2 amide bonds. The van der Waals surface area contributed by atoms with Crippen LogP contribution in [0, 0.1) is 0 Å². The predicted molar refractivity (Wildman–Crippen MR) is 77.2 cm³/mol. The number of hydrogen-bond donors (Lipinski definition) is 2. The highest BCUT2D eigenvalue weighted by Gasteiger charge is 2.17. The van der Waals surface area contributed by atoms with Crippen molar-refractivity contribution in [1.29, 1.82) is 0 Å². The van der Waals surface area contributed by atoms with Gasteiger partial charge in [0.1, 0.15) is 5.75 Å². The molecular weight excluding hydrogens is 298 g/mol. The molecule has 0 saturated heterocycles. The van der Waals surface area contributed by atoms with Crippen molar-refractivity contribution in [2.45, 2.75) is 0 Å². The molecule has 0 aromatic heterocycles. The number of methoxy groups -OCH3 is 1. The van der Waals surface area contributed by atoms with E-state index in [-0.39, 0.29) is 25.4 Å². The fourth-order valence-electron chi connectivity index (χ4n) is 1.74. The lowest BCUT2D eigenvalue weighted by atomic mass is 10.1. The van der Waals surface area contributed by atoms with Crippen LogP contribution in [-0.2, 0) is 9.59 Å². The van der Waals surface area contributed by atoms with Gasteiger partial charge in [0, 0.05) is 5.56 Å². The van der Waals surface area contributed by atoms with Gasteiger partial charge in [-0.25, -0.2) is 0 Å². The number of benzene rings is 1. The highest BCUT2D eigenvalue weighted by Crippen LogP contribution is 2.25. The minimum Gasteiger partial charge on any atom is -0.495 e. The normalized spacial score (nSPS) is 10.4. The molecule has 21 heavy (non-hydrogen) atoms. The van der Waals surface area contributed by atoms with Crippen LogP contribution in [0.4, 0.5) is 0 Å². The molecule has 1 aromatic carbocycles. The molecule has 0 spiro atoms. The molecule has 114 valence electrons. The van der Waals surface area contributed by atoms with Crippen molar-refractivity contribution < 1.29 is 19.1 Å². The Labute approximate surface area is 126 Å². The summed E-state index contributed by atoms with van der Waals surface area (Å²) in [7, 11) is 1.46. The van der Waals surface area contributed by atoms with E-state index in [1.165, 1.54) is 18.1 Å². The number of ether oxygens (including phenoxy) is 1. The van der Waals surface area contributed by atoms with Crippen molar-refractivity contribution in [1.82, 2.24) is 4.90 Å². The van der Waals surface area contributed by atoms with Crippen LogP contribution in [-0.4, -0.2) is 49.2 Å². The molecule has 1 rings (SSSR count). The maximum atomic E-state index is 12.1. The van der Waals surface area contributed by atoms with Crippen LogP contribution >= 0.6 is 11.6 Å². The van der Waals surface area contributed by atoms with Crippen molar-refractivity contribution in [3.05, 3.63) is 28.8 Å². The largest absolute Gasteiger partial charge is 0.495 e. The molecule has 4 N–H and O–H groups in total. The number of halogens is 1. The van der Waals surface area contributed by atoms with Crippen molar-refractivity contribution in [2.24, 2.45) is 11.5 Å². The first-order valence-corrected chi connectivity index (χ1v) is 6.37. The van der Waals surface area contributed by atoms with E-state index in [0.29, 0.717) is 16.3 Å². The molecule has 0 saturated carbocycles. The number of ketones is 1. The van der Waals surface area contributed by atoms with Gasteiger partial charge < -0.3 is 16.2 Å². The van der Waals surface area contributed by atoms with Gasteiger partial charge in [-0.1, -0.05) is 11.6 Å². The Bertz CT molecular complexity index is 546. The molecule has 0 unspecified atom stereocenters. The van der Waals surface area contributed by atoms with Gasteiger partial charge >= 0.3 is 0 Å². The van der Waals surface area contributed by atoms with Crippen molar-refractivity contribution in [2.75, 3.05) is 26.7 Å².